The van der Waals surface area contributed by atoms with Crippen LogP contribution >= 0.6 is 0 Å². The van der Waals surface area contributed by atoms with Crippen molar-refractivity contribution in [3.05, 3.63) is 53.9 Å². The molecule has 6 nitrogen and oxygen atoms in total. The highest BCUT2D eigenvalue weighted by Gasteiger charge is 2.17. The summed E-state index contributed by atoms with van der Waals surface area (Å²) in [7, 11) is 0. The standard InChI is InChI=1S/C15H12F3N5O/c1-8(10-4-2-3-5-11(10)16)21-15-19-6-9(7-20-15)13-22-23-14(24-13)12(17)18/h2-8,12H,1H3,(H,19,20,21)/t8-/m1/s1. The van der Waals surface area contributed by atoms with Gasteiger partial charge < -0.3 is 9.73 Å². The van der Waals surface area contributed by atoms with E-state index in [0.717, 1.165) is 0 Å². The van der Waals surface area contributed by atoms with Gasteiger partial charge in [-0.05, 0) is 13.0 Å². The van der Waals surface area contributed by atoms with E-state index < -0.39 is 12.3 Å². The molecule has 24 heavy (non-hydrogen) atoms. The molecule has 0 fully saturated rings. The molecule has 9 heteroatoms. The molecular formula is C15H12F3N5O. The molecule has 0 aliphatic rings. The Kier molecular flexibility index (Phi) is 4.41. The topological polar surface area (TPSA) is 76.7 Å². The zero-order valence-corrected chi connectivity index (χ0v) is 12.4. The molecule has 1 aromatic carbocycles. The summed E-state index contributed by atoms with van der Waals surface area (Å²) in [5.41, 5.74) is 0.780. The van der Waals surface area contributed by atoms with Crippen LogP contribution in [0.5, 0.6) is 0 Å². The minimum Gasteiger partial charge on any atom is -0.415 e. The molecule has 1 N–H and O–H groups in total. The van der Waals surface area contributed by atoms with Crippen LogP contribution in [0.15, 0.2) is 41.1 Å². The van der Waals surface area contributed by atoms with Crippen molar-refractivity contribution < 1.29 is 17.6 Å². The zero-order valence-electron chi connectivity index (χ0n) is 12.4. The van der Waals surface area contributed by atoms with Gasteiger partial charge in [0.2, 0.25) is 5.95 Å². The summed E-state index contributed by atoms with van der Waals surface area (Å²) >= 11 is 0. The van der Waals surface area contributed by atoms with E-state index in [1.807, 2.05) is 0 Å². The fraction of sp³-hybridized carbons (Fsp3) is 0.200. The normalized spacial score (nSPS) is 12.4. The van der Waals surface area contributed by atoms with Crippen LogP contribution in [0, 0.1) is 5.82 Å². The van der Waals surface area contributed by atoms with Gasteiger partial charge in [-0.25, -0.2) is 14.4 Å². The third-order valence-corrected chi connectivity index (χ3v) is 3.24. The van der Waals surface area contributed by atoms with Crippen molar-refractivity contribution >= 4 is 5.95 Å². The van der Waals surface area contributed by atoms with Crippen LogP contribution < -0.4 is 5.32 Å². The minimum absolute atomic E-state index is 0.0981. The molecular weight excluding hydrogens is 323 g/mol. The maximum atomic E-state index is 13.7. The molecule has 0 amide bonds. The maximum absolute atomic E-state index is 13.7. The van der Waals surface area contributed by atoms with Crippen molar-refractivity contribution in [2.45, 2.75) is 19.4 Å². The molecule has 0 radical (unpaired) electrons. The van der Waals surface area contributed by atoms with Crippen LogP contribution in [0.2, 0.25) is 0 Å². The third kappa shape index (κ3) is 3.34. The SMILES string of the molecule is C[C@@H](Nc1ncc(-c2nnc(C(F)F)o2)cn1)c1ccccc1F. The Hall–Kier alpha value is -2.97. The Morgan fingerprint density at radius 1 is 1.08 bits per heavy atom. The lowest BCUT2D eigenvalue weighted by Crippen LogP contribution is -2.10. The molecule has 1 atom stereocenters. The van der Waals surface area contributed by atoms with E-state index >= 15 is 0 Å². The average molecular weight is 335 g/mol. The first-order valence-corrected chi connectivity index (χ1v) is 6.99. The highest BCUT2D eigenvalue weighted by Crippen LogP contribution is 2.23. The average Bonchev–Trinajstić information content (AvgIpc) is 3.06. The van der Waals surface area contributed by atoms with Crippen molar-refractivity contribution in [1.82, 2.24) is 20.2 Å². The van der Waals surface area contributed by atoms with Crippen LogP contribution in [0.25, 0.3) is 11.5 Å². The van der Waals surface area contributed by atoms with Gasteiger partial charge in [-0.1, -0.05) is 18.2 Å². The van der Waals surface area contributed by atoms with Gasteiger partial charge in [-0.2, -0.15) is 8.78 Å². The van der Waals surface area contributed by atoms with Crippen LogP contribution in [0.4, 0.5) is 19.1 Å². The lowest BCUT2D eigenvalue weighted by atomic mass is 10.1. The first kappa shape index (κ1) is 15.9. The van der Waals surface area contributed by atoms with Crippen LogP contribution in [-0.4, -0.2) is 20.2 Å². The number of hydrogen-bond acceptors (Lipinski definition) is 6. The van der Waals surface area contributed by atoms with Crippen LogP contribution in [0.1, 0.15) is 30.8 Å². The molecule has 2 aromatic heterocycles. The molecule has 2 heterocycles. The van der Waals surface area contributed by atoms with E-state index in [9.17, 15) is 13.2 Å². The number of nitrogens with one attached hydrogen (secondary N) is 1. The number of halogens is 3. The number of hydrogen-bond donors (Lipinski definition) is 1. The zero-order chi connectivity index (χ0) is 17.1. The number of aromatic nitrogens is 4. The van der Waals surface area contributed by atoms with Gasteiger partial charge in [-0.15, -0.1) is 10.2 Å². The fourth-order valence-electron chi connectivity index (χ4n) is 2.05. The smallest absolute Gasteiger partial charge is 0.314 e. The van der Waals surface area contributed by atoms with Gasteiger partial charge in [0, 0.05) is 18.0 Å². The molecule has 0 unspecified atom stereocenters. The highest BCUT2D eigenvalue weighted by atomic mass is 19.3. The largest absolute Gasteiger partial charge is 0.415 e. The van der Waals surface area contributed by atoms with Gasteiger partial charge >= 0.3 is 6.43 Å². The monoisotopic (exact) mass is 335 g/mol. The predicted molar refractivity (Wildman–Crippen MR) is 78.7 cm³/mol. The Morgan fingerprint density at radius 2 is 1.79 bits per heavy atom. The molecule has 0 saturated heterocycles. The van der Waals surface area contributed by atoms with Crippen molar-refractivity contribution in [3.8, 4) is 11.5 Å². The van der Waals surface area contributed by atoms with Crippen molar-refractivity contribution in [2.24, 2.45) is 0 Å². The number of nitrogens with zero attached hydrogens (tertiary/aromatic N) is 4. The molecule has 0 spiro atoms. The molecule has 3 aromatic rings. The maximum Gasteiger partial charge on any atom is 0.314 e. The second-order valence-corrected chi connectivity index (χ2v) is 4.93. The third-order valence-electron chi connectivity index (χ3n) is 3.24. The molecule has 0 bridgehead atoms. The van der Waals surface area contributed by atoms with Gasteiger partial charge in [-0.3, -0.25) is 0 Å². The number of alkyl halides is 2. The van der Waals surface area contributed by atoms with E-state index in [4.69, 9.17) is 4.42 Å². The summed E-state index contributed by atoms with van der Waals surface area (Å²) in [4.78, 5) is 8.09. The molecule has 124 valence electrons. The highest BCUT2D eigenvalue weighted by molar-refractivity contribution is 5.50. The van der Waals surface area contributed by atoms with E-state index in [1.165, 1.54) is 18.5 Å². The summed E-state index contributed by atoms with van der Waals surface area (Å²) in [5.74, 6) is -0.943. The predicted octanol–water partition coefficient (Wildman–Crippen LogP) is 3.78. The fourth-order valence-corrected chi connectivity index (χ4v) is 2.05. The minimum atomic E-state index is -2.84. The van der Waals surface area contributed by atoms with E-state index in [1.54, 1.807) is 25.1 Å². The molecule has 3 rings (SSSR count). The van der Waals surface area contributed by atoms with Gasteiger partial charge in [0.1, 0.15) is 5.82 Å². The van der Waals surface area contributed by atoms with Crippen LogP contribution in [0.3, 0.4) is 0 Å². The van der Waals surface area contributed by atoms with Crippen molar-refractivity contribution in [2.75, 3.05) is 5.32 Å². The summed E-state index contributed by atoms with van der Waals surface area (Å²) in [6.07, 6.45) is -0.132. The van der Waals surface area contributed by atoms with Gasteiger partial charge in [0.15, 0.2) is 0 Å². The lowest BCUT2D eigenvalue weighted by Gasteiger charge is -2.14. The Bertz CT molecular complexity index is 822. The molecule has 0 aliphatic carbocycles. The summed E-state index contributed by atoms with van der Waals surface area (Å²) < 4.78 is 43.4. The number of anilines is 1. The Morgan fingerprint density at radius 3 is 2.42 bits per heavy atom. The summed E-state index contributed by atoms with van der Waals surface area (Å²) in [6, 6.07) is 6.01. The van der Waals surface area contributed by atoms with E-state index in [-0.39, 0.29) is 23.7 Å². The van der Waals surface area contributed by atoms with Gasteiger partial charge in [0.05, 0.1) is 11.6 Å². The van der Waals surface area contributed by atoms with E-state index in [2.05, 4.69) is 25.5 Å². The van der Waals surface area contributed by atoms with Crippen molar-refractivity contribution in [1.29, 1.82) is 0 Å². The van der Waals surface area contributed by atoms with Gasteiger partial charge in [0.25, 0.3) is 11.8 Å². The first-order valence-electron chi connectivity index (χ1n) is 6.99. The first-order chi connectivity index (χ1) is 11.5. The van der Waals surface area contributed by atoms with Crippen LogP contribution in [-0.2, 0) is 0 Å². The summed E-state index contributed by atoms with van der Waals surface area (Å²) in [5, 5.41) is 9.70. The second-order valence-electron chi connectivity index (χ2n) is 4.93. The van der Waals surface area contributed by atoms with Crippen molar-refractivity contribution in [3.63, 3.8) is 0 Å². The molecule has 0 aliphatic heterocycles. The number of benzene rings is 1. The molecule has 0 saturated carbocycles. The Balaban J connectivity index is 1.73. The lowest BCUT2D eigenvalue weighted by molar-refractivity contribution is 0.116. The quantitative estimate of drug-likeness (QED) is 0.765. The number of rotatable bonds is 5. The Labute approximate surface area is 134 Å². The second kappa shape index (κ2) is 6.65. The van der Waals surface area contributed by atoms with E-state index in [0.29, 0.717) is 11.1 Å². The summed E-state index contributed by atoms with van der Waals surface area (Å²) in [6.45, 7) is 1.77.